The van der Waals surface area contributed by atoms with E-state index in [0.29, 0.717) is 6.04 Å². The summed E-state index contributed by atoms with van der Waals surface area (Å²) in [6, 6.07) is 4.41. The number of furan rings is 1. The highest BCUT2D eigenvalue weighted by Gasteiger charge is 2.05. The predicted octanol–water partition coefficient (Wildman–Crippen LogP) is 2.99. The summed E-state index contributed by atoms with van der Waals surface area (Å²) in [4.78, 5) is 0. The maximum atomic E-state index is 5.20. The van der Waals surface area contributed by atoms with Gasteiger partial charge >= 0.3 is 0 Å². The topological polar surface area (TPSA) is 25.2 Å². The van der Waals surface area contributed by atoms with Crippen molar-refractivity contribution in [1.29, 1.82) is 0 Å². The number of hydrogen-bond donors (Lipinski definition) is 1. The second-order valence-corrected chi connectivity index (χ2v) is 3.79. The van der Waals surface area contributed by atoms with Crippen LogP contribution in [0, 0.1) is 0 Å². The van der Waals surface area contributed by atoms with Crippen LogP contribution in [0.5, 0.6) is 0 Å². The molecule has 0 bridgehead atoms. The summed E-state index contributed by atoms with van der Waals surface area (Å²) in [6.45, 7) is 0.899. The molecule has 1 aromatic rings. The van der Waals surface area contributed by atoms with E-state index in [9.17, 15) is 0 Å². The highest BCUT2D eigenvalue weighted by atomic mass is 16.3. The van der Waals surface area contributed by atoms with Gasteiger partial charge in [-0.1, -0.05) is 18.2 Å². The van der Waals surface area contributed by atoms with E-state index in [2.05, 4.69) is 23.5 Å². The van der Waals surface area contributed by atoms with Gasteiger partial charge in [-0.2, -0.15) is 0 Å². The van der Waals surface area contributed by atoms with E-state index >= 15 is 0 Å². The summed E-state index contributed by atoms with van der Waals surface area (Å²) < 4.78 is 5.20. The number of nitrogens with one attached hydrogen (secondary N) is 1. The maximum absolute atomic E-state index is 5.20. The van der Waals surface area contributed by atoms with E-state index < -0.39 is 0 Å². The summed E-state index contributed by atoms with van der Waals surface area (Å²) in [5.74, 6) is 0.913. The molecule has 1 aromatic heterocycles. The summed E-state index contributed by atoms with van der Waals surface area (Å²) in [5, 5.41) is 3.47. The van der Waals surface area contributed by atoms with Crippen molar-refractivity contribution >= 4 is 6.08 Å². The summed E-state index contributed by atoms with van der Waals surface area (Å²) in [7, 11) is 0. The minimum Gasteiger partial charge on any atom is -0.465 e. The van der Waals surface area contributed by atoms with E-state index in [4.69, 9.17) is 4.42 Å². The highest BCUT2D eigenvalue weighted by molar-refractivity contribution is 5.42. The summed E-state index contributed by atoms with van der Waals surface area (Å²) >= 11 is 0. The molecule has 1 unspecified atom stereocenters. The van der Waals surface area contributed by atoms with Crippen molar-refractivity contribution in [3.8, 4) is 0 Å². The standard InChI is InChI=1S/C13H17NO/c1-2-6-12(7-3-1)14-10-4-8-13-9-5-11-15-13/h2,4-6,8-9,11-12,14H,1,3,7,10H2/b8-4+. The van der Waals surface area contributed by atoms with Crippen LogP contribution in [0.25, 0.3) is 6.08 Å². The minimum atomic E-state index is 0.556. The fourth-order valence-corrected chi connectivity index (χ4v) is 1.76. The molecule has 0 aromatic carbocycles. The van der Waals surface area contributed by atoms with Crippen molar-refractivity contribution in [3.05, 3.63) is 42.4 Å². The van der Waals surface area contributed by atoms with Gasteiger partial charge in [-0.3, -0.25) is 0 Å². The first-order valence-electron chi connectivity index (χ1n) is 5.55. The van der Waals surface area contributed by atoms with E-state index in [1.807, 2.05) is 18.2 Å². The van der Waals surface area contributed by atoms with Crippen molar-refractivity contribution in [3.63, 3.8) is 0 Å². The lowest BCUT2D eigenvalue weighted by Gasteiger charge is -2.16. The summed E-state index contributed by atoms with van der Waals surface area (Å²) in [5.41, 5.74) is 0. The Hall–Kier alpha value is -1.28. The van der Waals surface area contributed by atoms with Crippen molar-refractivity contribution in [1.82, 2.24) is 5.32 Å². The average molecular weight is 203 g/mol. The molecule has 1 aliphatic rings. The van der Waals surface area contributed by atoms with Gasteiger partial charge in [0.1, 0.15) is 5.76 Å². The Morgan fingerprint density at radius 3 is 3.27 bits per heavy atom. The highest BCUT2D eigenvalue weighted by Crippen LogP contribution is 2.09. The third-order valence-corrected chi connectivity index (χ3v) is 2.58. The monoisotopic (exact) mass is 203 g/mol. The van der Waals surface area contributed by atoms with Crippen LogP contribution in [0.15, 0.2) is 41.0 Å². The van der Waals surface area contributed by atoms with Gasteiger partial charge in [0.15, 0.2) is 0 Å². The first kappa shape index (κ1) is 10.2. The van der Waals surface area contributed by atoms with E-state index in [1.165, 1.54) is 19.3 Å². The van der Waals surface area contributed by atoms with Crippen LogP contribution >= 0.6 is 0 Å². The molecule has 0 aliphatic heterocycles. The van der Waals surface area contributed by atoms with Crippen LogP contribution in [0.1, 0.15) is 25.0 Å². The zero-order chi connectivity index (χ0) is 10.3. The fraction of sp³-hybridized carbons (Fsp3) is 0.385. The molecule has 0 amide bonds. The van der Waals surface area contributed by atoms with Crippen molar-refractivity contribution < 1.29 is 4.42 Å². The molecule has 0 fully saturated rings. The zero-order valence-electron chi connectivity index (χ0n) is 8.86. The van der Waals surface area contributed by atoms with Crippen LogP contribution in [0.4, 0.5) is 0 Å². The first-order valence-corrected chi connectivity index (χ1v) is 5.55. The quantitative estimate of drug-likeness (QED) is 0.761. The number of allylic oxidation sites excluding steroid dienone is 1. The average Bonchev–Trinajstić information content (AvgIpc) is 2.79. The summed E-state index contributed by atoms with van der Waals surface area (Å²) in [6.07, 6.45) is 14.1. The van der Waals surface area contributed by atoms with E-state index in [0.717, 1.165) is 12.3 Å². The fourth-order valence-electron chi connectivity index (χ4n) is 1.76. The third kappa shape index (κ3) is 3.40. The molecule has 2 nitrogen and oxygen atoms in total. The largest absolute Gasteiger partial charge is 0.465 e. The van der Waals surface area contributed by atoms with E-state index in [-0.39, 0.29) is 0 Å². The van der Waals surface area contributed by atoms with Gasteiger partial charge in [-0.15, -0.1) is 0 Å². The Kier molecular flexibility index (Phi) is 3.80. The van der Waals surface area contributed by atoms with Gasteiger partial charge < -0.3 is 9.73 Å². The smallest absolute Gasteiger partial charge is 0.126 e. The Morgan fingerprint density at radius 2 is 2.53 bits per heavy atom. The normalized spacial score (nSPS) is 21.2. The molecule has 0 saturated heterocycles. The predicted molar refractivity (Wildman–Crippen MR) is 62.5 cm³/mol. The van der Waals surface area contributed by atoms with Gasteiger partial charge in [0.2, 0.25) is 0 Å². The molecule has 0 spiro atoms. The zero-order valence-corrected chi connectivity index (χ0v) is 8.86. The molecule has 0 saturated carbocycles. The maximum Gasteiger partial charge on any atom is 0.126 e. The molecule has 1 aliphatic carbocycles. The minimum absolute atomic E-state index is 0.556. The molecule has 1 atom stereocenters. The third-order valence-electron chi connectivity index (χ3n) is 2.58. The van der Waals surface area contributed by atoms with Crippen molar-refractivity contribution in [2.24, 2.45) is 0 Å². The lowest BCUT2D eigenvalue weighted by Crippen LogP contribution is -2.28. The second-order valence-electron chi connectivity index (χ2n) is 3.79. The molecule has 2 heteroatoms. The van der Waals surface area contributed by atoms with Crippen LogP contribution < -0.4 is 5.32 Å². The lowest BCUT2D eigenvalue weighted by atomic mass is 10.0. The molecule has 1 N–H and O–H groups in total. The van der Waals surface area contributed by atoms with Gasteiger partial charge in [0.25, 0.3) is 0 Å². The molecule has 15 heavy (non-hydrogen) atoms. The van der Waals surface area contributed by atoms with Gasteiger partial charge in [0.05, 0.1) is 6.26 Å². The number of hydrogen-bond acceptors (Lipinski definition) is 2. The van der Waals surface area contributed by atoms with E-state index in [1.54, 1.807) is 6.26 Å². The molecule has 0 radical (unpaired) electrons. The molecule has 2 rings (SSSR count). The Labute approximate surface area is 90.7 Å². The van der Waals surface area contributed by atoms with Gasteiger partial charge in [-0.25, -0.2) is 0 Å². The lowest BCUT2D eigenvalue weighted by molar-refractivity contribution is 0.546. The van der Waals surface area contributed by atoms with Gasteiger partial charge in [0, 0.05) is 12.6 Å². The van der Waals surface area contributed by atoms with Gasteiger partial charge in [-0.05, 0) is 37.5 Å². The van der Waals surface area contributed by atoms with Crippen molar-refractivity contribution in [2.75, 3.05) is 6.54 Å². The molecule has 1 heterocycles. The van der Waals surface area contributed by atoms with Crippen LogP contribution in [0.2, 0.25) is 0 Å². The van der Waals surface area contributed by atoms with Crippen LogP contribution in [-0.2, 0) is 0 Å². The SMILES string of the molecule is C1=CC(NC/C=C/c2ccco2)CCC1. The van der Waals surface area contributed by atoms with Crippen LogP contribution in [0.3, 0.4) is 0 Å². The molecule has 80 valence electrons. The molecular weight excluding hydrogens is 186 g/mol. The first-order chi connectivity index (χ1) is 7.45. The Balaban J connectivity index is 1.70. The van der Waals surface area contributed by atoms with Crippen LogP contribution in [-0.4, -0.2) is 12.6 Å². The second kappa shape index (κ2) is 5.56. The Bertz CT molecular complexity index is 324. The Morgan fingerprint density at radius 1 is 1.53 bits per heavy atom. The number of rotatable bonds is 4. The molecular formula is C13H17NO. The van der Waals surface area contributed by atoms with Crippen molar-refractivity contribution in [2.45, 2.75) is 25.3 Å².